The van der Waals surface area contributed by atoms with Crippen molar-refractivity contribution in [3.8, 4) is 0 Å². The van der Waals surface area contributed by atoms with Gasteiger partial charge in [-0.15, -0.1) is 0 Å². The predicted octanol–water partition coefficient (Wildman–Crippen LogP) is 4.82. The molecule has 0 aromatic heterocycles. The van der Waals surface area contributed by atoms with E-state index in [1.165, 1.54) is 70.6 Å². The topological polar surface area (TPSA) is 29.1 Å². The fourth-order valence-corrected chi connectivity index (χ4v) is 2.25. The van der Waals surface area contributed by atoms with Crippen molar-refractivity contribution in [3.63, 3.8) is 0 Å². The Morgan fingerprint density at radius 2 is 1.11 bits per heavy atom. The maximum absolute atomic E-state index is 11.0. The zero-order valence-corrected chi connectivity index (χ0v) is 12.6. The van der Waals surface area contributed by atoms with Crippen molar-refractivity contribution in [2.45, 2.75) is 90.4 Å². The Hall–Kier alpha value is -0.530. The monoisotopic (exact) mass is 255 g/mol. The lowest BCUT2D eigenvalue weighted by Crippen LogP contribution is -2.16. The summed E-state index contributed by atoms with van der Waals surface area (Å²) in [6, 6.07) is 0. The van der Waals surface area contributed by atoms with Crippen LogP contribution >= 0.6 is 0 Å². The van der Waals surface area contributed by atoms with Crippen LogP contribution in [0.25, 0.3) is 0 Å². The van der Waals surface area contributed by atoms with E-state index in [-0.39, 0.29) is 5.91 Å². The second-order valence-corrected chi connectivity index (χ2v) is 5.31. The first-order chi connectivity index (χ1) is 8.81. The molecule has 0 aromatic rings. The highest BCUT2D eigenvalue weighted by molar-refractivity contribution is 5.75. The molecule has 0 aliphatic rings. The van der Waals surface area contributed by atoms with Gasteiger partial charge in [-0.3, -0.25) is 4.79 Å². The number of amides is 1. The third-order valence-electron chi connectivity index (χ3n) is 3.54. The molecular weight excluding hydrogens is 222 g/mol. The summed E-state index contributed by atoms with van der Waals surface area (Å²) in [7, 11) is 1.71. The van der Waals surface area contributed by atoms with Gasteiger partial charge in [0.2, 0.25) is 5.91 Å². The smallest absolute Gasteiger partial charge is 0.219 e. The molecule has 1 N–H and O–H groups in total. The van der Waals surface area contributed by atoms with Crippen LogP contribution in [0, 0.1) is 0 Å². The molecule has 0 aliphatic heterocycles. The number of hydrogen-bond donors (Lipinski definition) is 1. The quantitative estimate of drug-likeness (QED) is 0.469. The Bertz CT molecular complexity index is 180. The molecule has 0 bridgehead atoms. The normalized spacial score (nSPS) is 10.6. The highest BCUT2D eigenvalue weighted by atomic mass is 16.1. The average Bonchev–Trinajstić information content (AvgIpc) is 2.39. The summed E-state index contributed by atoms with van der Waals surface area (Å²) in [5, 5.41) is 2.67. The SMILES string of the molecule is CCCCCCCCCCCCCCC(=O)NC. The molecule has 0 radical (unpaired) electrons. The largest absolute Gasteiger partial charge is 0.359 e. The Labute approximate surface area is 114 Å². The number of hydrogen-bond acceptors (Lipinski definition) is 1. The van der Waals surface area contributed by atoms with Crippen molar-refractivity contribution in [2.24, 2.45) is 0 Å². The van der Waals surface area contributed by atoms with Crippen LogP contribution in [0.15, 0.2) is 0 Å². The second-order valence-electron chi connectivity index (χ2n) is 5.31. The molecule has 1 amide bonds. The van der Waals surface area contributed by atoms with Crippen LogP contribution in [-0.4, -0.2) is 13.0 Å². The van der Waals surface area contributed by atoms with E-state index in [1.807, 2.05) is 0 Å². The van der Waals surface area contributed by atoms with Gasteiger partial charge in [0.1, 0.15) is 0 Å². The fourth-order valence-electron chi connectivity index (χ4n) is 2.25. The van der Waals surface area contributed by atoms with Crippen LogP contribution in [-0.2, 0) is 4.79 Å². The molecule has 0 aromatic carbocycles. The molecule has 0 fully saturated rings. The lowest BCUT2D eigenvalue weighted by Gasteiger charge is -2.02. The van der Waals surface area contributed by atoms with Gasteiger partial charge >= 0.3 is 0 Å². The summed E-state index contributed by atoms with van der Waals surface area (Å²) in [5.41, 5.74) is 0. The van der Waals surface area contributed by atoms with E-state index in [2.05, 4.69) is 12.2 Å². The molecule has 2 heteroatoms. The van der Waals surface area contributed by atoms with Gasteiger partial charge < -0.3 is 5.32 Å². The minimum atomic E-state index is 0.182. The molecule has 0 unspecified atom stereocenters. The van der Waals surface area contributed by atoms with Crippen molar-refractivity contribution in [2.75, 3.05) is 7.05 Å². The molecule has 0 spiro atoms. The molecule has 0 aliphatic carbocycles. The van der Waals surface area contributed by atoms with E-state index in [0.29, 0.717) is 6.42 Å². The van der Waals surface area contributed by atoms with Crippen LogP contribution in [0.3, 0.4) is 0 Å². The van der Waals surface area contributed by atoms with Crippen LogP contribution in [0.5, 0.6) is 0 Å². The number of carbonyl (C=O) groups is 1. The van der Waals surface area contributed by atoms with Gasteiger partial charge in [-0.05, 0) is 6.42 Å². The van der Waals surface area contributed by atoms with Crippen LogP contribution < -0.4 is 5.32 Å². The molecule has 0 saturated carbocycles. The molecule has 0 saturated heterocycles. The third kappa shape index (κ3) is 13.5. The van der Waals surface area contributed by atoms with E-state index in [4.69, 9.17) is 0 Å². The van der Waals surface area contributed by atoms with Gasteiger partial charge in [-0.2, -0.15) is 0 Å². The summed E-state index contributed by atoms with van der Waals surface area (Å²) in [5.74, 6) is 0.182. The van der Waals surface area contributed by atoms with E-state index in [1.54, 1.807) is 7.05 Å². The minimum Gasteiger partial charge on any atom is -0.359 e. The van der Waals surface area contributed by atoms with Gasteiger partial charge in [0.15, 0.2) is 0 Å². The van der Waals surface area contributed by atoms with Crippen molar-refractivity contribution >= 4 is 5.91 Å². The van der Waals surface area contributed by atoms with Crippen LogP contribution in [0.1, 0.15) is 90.4 Å². The highest BCUT2D eigenvalue weighted by Crippen LogP contribution is 2.12. The van der Waals surface area contributed by atoms with E-state index in [0.717, 1.165) is 6.42 Å². The van der Waals surface area contributed by atoms with E-state index in [9.17, 15) is 4.79 Å². The molecule has 0 atom stereocenters. The zero-order valence-electron chi connectivity index (χ0n) is 12.6. The summed E-state index contributed by atoms with van der Waals surface area (Å²) in [6.07, 6.45) is 16.9. The van der Waals surface area contributed by atoms with Crippen LogP contribution in [0.4, 0.5) is 0 Å². The lowest BCUT2D eigenvalue weighted by molar-refractivity contribution is -0.120. The van der Waals surface area contributed by atoms with Crippen molar-refractivity contribution in [1.82, 2.24) is 5.32 Å². The number of rotatable bonds is 13. The third-order valence-corrected chi connectivity index (χ3v) is 3.54. The fraction of sp³-hybridized carbons (Fsp3) is 0.938. The Kier molecular flexibility index (Phi) is 14.1. The van der Waals surface area contributed by atoms with E-state index < -0.39 is 0 Å². The van der Waals surface area contributed by atoms with Gasteiger partial charge in [-0.25, -0.2) is 0 Å². The first-order valence-corrected chi connectivity index (χ1v) is 8.01. The molecule has 108 valence electrons. The number of nitrogens with one attached hydrogen (secondary N) is 1. The molecule has 18 heavy (non-hydrogen) atoms. The van der Waals surface area contributed by atoms with Crippen molar-refractivity contribution < 1.29 is 4.79 Å². The maximum atomic E-state index is 11.0. The summed E-state index contributed by atoms with van der Waals surface area (Å²) in [6.45, 7) is 2.27. The average molecular weight is 255 g/mol. The van der Waals surface area contributed by atoms with Gasteiger partial charge in [0.25, 0.3) is 0 Å². The lowest BCUT2D eigenvalue weighted by atomic mass is 10.0. The predicted molar refractivity (Wildman–Crippen MR) is 79.8 cm³/mol. The first-order valence-electron chi connectivity index (χ1n) is 8.01. The second kappa shape index (κ2) is 14.5. The highest BCUT2D eigenvalue weighted by Gasteiger charge is 1.97. The molecule has 0 rings (SSSR count). The summed E-state index contributed by atoms with van der Waals surface area (Å²) >= 11 is 0. The van der Waals surface area contributed by atoms with Crippen molar-refractivity contribution in [3.05, 3.63) is 0 Å². The number of unbranched alkanes of at least 4 members (excludes halogenated alkanes) is 11. The standard InChI is InChI=1S/C16H33NO/c1-3-4-5-6-7-8-9-10-11-12-13-14-15-16(18)17-2/h3-15H2,1-2H3,(H,17,18). The Morgan fingerprint density at radius 3 is 1.50 bits per heavy atom. The number of carbonyl (C=O) groups excluding carboxylic acids is 1. The first kappa shape index (κ1) is 17.5. The zero-order chi connectivity index (χ0) is 13.5. The van der Waals surface area contributed by atoms with Crippen LogP contribution in [0.2, 0.25) is 0 Å². The van der Waals surface area contributed by atoms with Gasteiger partial charge in [-0.1, -0.05) is 77.6 Å². The molecule has 2 nitrogen and oxygen atoms in total. The Balaban J connectivity index is 2.97. The Morgan fingerprint density at radius 1 is 0.722 bits per heavy atom. The molecular formula is C16H33NO. The molecule has 0 heterocycles. The van der Waals surface area contributed by atoms with Crippen molar-refractivity contribution in [1.29, 1.82) is 0 Å². The summed E-state index contributed by atoms with van der Waals surface area (Å²) < 4.78 is 0. The van der Waals surface area contributed by atoms with E-state index >= 15 is 0 Å². The minimum absolute atomic E-state index is 0.182. The summed E-state index contributed by atoms with van der Waals surface area (Å²) in [4.78, 5) is 11.0. The van der Waals surface area contributed by atoms with Gasteiger partial charge in [0.05, 0.1) is 0 Å². The van der Waals surface area contributed by atoms with Gasteiger partial charge in [0, 0.05) is 13.5 Å². The maximum Gasteiger partial charge on any atom is 0.219 e.